The molecule has 1 N–H and O–H groups in total. The molecule has 1 aliphatic rings. The lowest BCUT2D eigenvalue weighted by molar-refractivity contribution is -0.117. The van der Waals surface area contributed by atoms with Gasteiger partial charge in [0.25, 0.3) is 0 Å². The fourth-order valence-electron chi connectivity index (χ4n) is 3.69. The van der Waals surface area contributed by atoms with E-state index in [-0.39, 0.29) is 5.91 Å². The highest BCUT2D eigenvalue weighted by Crippen LogP contribution is 2.37. The molecule has 1 amide bonds. The first kappa shape index (κ1) is 18.1. The summed E-state index contributed by atoms with van der Waals surface area (Å²) in [4.78, 5) is 13.5. The summed E-state index contributed by atoms with van der Waals surface area (Å²) in [6, 6.07) is 17.0. The Hall–Kier alpha value is -1.74. The fraction of sp³-hybridized carbons (Fsp3) is 0.409. The van der Waals surface area contributed by atoms with E-state index in [1.807, 2.05) is 24.3 Å². The van der Waals surface area contributed by atoms with E-state index >= 15 is 0 Å². The van der Waals surface area contributed by atoms with Crippen LogP contribution in [-0.2, 0) is 4.79 Å². The monoisotopic (exact) mass is 353 g/mol. The van der Waals surface area contributed by atoms with E-state index in [0.717, 1.165) is 18.5 Å². The lowest BCUT2D eigenvalue weighted by Crippen LogP contribution is -2.20. The minimum absolute atomic E-state index is 0.149. The molecule has 2 aromatic rings. The average Bonchev–Trinajstić information content (AvgIpc) is 2.64. The van der Waals surface area contributed by atoms with Crippen molar-refractivity contribution in [3.8, 4) is 0 Å². The summed E-state index contributed by atoms with van der Waals surface area (Å²) in [6.07, 6.45) is 7.40. The second-order valence-corrected chi connectivity index (χ2v) is 7.99. The highest BCUT2D eigenvalue weighted by Gasteiger charge is 2.24. The Balaban J connectivity index is 1.46. The van der Waals surface area contributed by atoms with Crippen molar-refractivity contribution in [1.82, 2.24) is 0 Å². The molecule has 3 heteroatoms. The van der Waals surface area contributed by atoms with Crippen LogP contribution in [0.3, 0.4) is 0 Å². The Kier molecular flexibility index (Phi) is 6.19. The highest BCUT2D eigenvalue weighted by molar-refractivity contribution is 7.98. The normalized spacial score (nSPS) is 20.2. The number of rotatable bonds is 5. The zero-order chi connectivity index (χ0) is 17.6. The van der Waals surface area contributed by atoms with Crippen LogP contribution in [0.2, 0.25) is 0 Å². The molecule has 0 saturated heterocycles. The SMILES string of the molecule is CSc1ccc(NC(=O)CC2CCC(c3ccc(C)cc3)CC2)cc1. The molecule has 1 aliphatic carbocycles. The van der Waals surface area contributed by atoms with E-state index in [0.29, 0.717) is 18.3 Å². The van der Waals surface area contributed by atoms with Gasteiger partial charge in [0.15, 0.2) is 0 Å². The molecule has 0 atom stereocenters. The van der Waals surface area contributed by atoms with Crippen molar-refractivity contribution in [3.05, 3.63) is 59.7 Å². The zero-order valence-electron chi connectivity index (χ0n) is 15.1. The number of thioether (sulfide) groups is 1. The van der Waals surface area contributed by atoms with Gasteiger partial charge in [-0.15, -0.1) is 11.8 Å². The van der Waals surface area contributed by atoms with Crippen molar-refractivity contribution in [3.63, 3.8) is 0 Å². The Morgan fingerprint density at radius 1 is 1.00 bits per heavy atom. The molecule has 0 bridgehead atoms. The molecular formula is C22H27NOS. The molecule has 25 heavy (non-hydrogen) atoms. The molecular weight excluding hydrogens is 326 g/mol. The third-order valence-electron chi connectivity index (χ3n) is 5.24. The van der Waals surface area contributed by atoms with Gasteiger partial charge in [-0.3, -0.25) is 4.79 Å². The van der Waals surface area contributed by atoms with Crippen LogP contribution in [0.4, 0.5) is 5.69 Å². The van der Waals surface area contributed by atoms with Crippen LogP contribution in [0.1, 0.15) is 49.1 Å². The van der Waals surface area contributed by atoms with Gasteiger partial charge in [0, 0.05) is 17.0 Å². The molecule has 0 spiro atoms. The number of aryl methyl sites for hydroxylation is 1. The average molecular weight is 354 g/mol. The van der Waals surface area contributed by atoms with Gasteiger partial charge < -0.3 is 5.32 Å². The summed E-state index contributed by atoms with van der Waals surface area (Å²) in [5.74, 6) is 1.34. The van der Waals surface area contributed by atoms with E-state index < -0.39 is 0 Å². The second-order valence-electron chi connectivity index (χ2n) is 7.11. The van der Waals surface area contributed by atoms with Crippen molar-refractivity contribution in [2.45, 2.75) is 49.8 Å². The molecule has 0 radical (unpaired) electrons. The quantitative estimate of drug-likeness (QED) is 0.666. The summed E-state index contributed by atoms with van der Waals surface area (Å²) in [5, 5.41) is 3.04. The van der Waals surface area contributed by atoms with Crippen molar-refractivity contribution >= 4 is 23.4 Å². The number of carbonyl (C=O) groups is 1. The number of nitrogens with one attached hydrogen (secondary N) is 1. The third-order valence-corrected chi connectivity index (χ3v) is 5.99. The number of anilines is 1. The first-order chi connectivity index (χ1) is 12.1. The molecule has 3 rings (SSSR count). The van der Waals surface area contributed by atoms with Crippen LogP contribution in [0.25, 0.3) is 0 Å². The predicted octanol–water partition coefficient (Wildman–Crippen LogP) is 6.02. The Morgan fingerprint density at radius 3 is 2.24 bits per heavy atom. The molecule has 2 nitrogen and oxygen atoms in total. The second kappa shape index (κ2) is 8.57. The van der Waals surface area contributed by atoms with Crippen LogP contribution in [0.5, 0.6) is 0 Å². The van der Waals surface area contributed by atoms with E-state index in [9.17, 15) is 4.79 Å². The first-order valence-electron chi connectivity index (χ1n) is 9.14. The van der Waals surface area contributed by atoms with Crippen molar-refractivity contribution in [2.75, 3.05) is 11.6 Å². The maximum absolute atomic E-state index is 12.3. The van der Waals surface area contributed by atoms with Crippen molar-refractivity contribution in [2.24, 2.45) is 5.92 Å². The van der Waals surface area contributed by atoms with Gasteiger partial charge >= 0.3 is 0 Å². The lowest BCUT2D eigenvalue weighted by atomic mass is 9.77. The summed E-state index contributed by atoms with van der Waals surface area (Å²) >= 11 is 1.71. The first-order valence-corrected chi connectivity index (χ1v) is 10.4. The van der Waals surface area contributed by atoms with Gasteiger partial charge in [-0.25, -0.2) is 0 Å². The Morgan fingerprint density at radius 2 is 1.64 bits per heavy atom. The number of amides is 1. The maximum Gasteiger partial charge on any atom is 0.224 e. The molecule has 132 valence electrons. The number of benzene rings is 2. The smallest absolute Gasteiger partial charge is 0.224 e. The van der Waals surface area contributed by atoms with Crippen molar-refractivity contribution in [1.29, 1.82) is 0 Å². The maximum atomic E-state index is 12.3. The van der Waals surface area contributed by atoms with Crippen LogP contribution in [0, 0.1) is 12.8 Å². The fourth-order valence-corrected chi connectivity index (χ4v) is 4.10. The van der Waals surface area contributed by atoms with Crippen LogP contribution in [0.15, 0.2) is 53.4 Å². The van der Waals surface area contributed by atoms with Gasteiger partial charge in [-0.05, 0) is 80.5 Å². The highest BCUT2D eigenvalue weighted by atomic mass is 32.2. The molecule has 0 aliphatic heterocycles. The summed E-state index contributed by atoms with van der Waals surface area (Å²) in [7, 11) is 0. The van der Waals surface area contributed by atoms with E-state index in [4.69, 9.17) is 0 Å². The summed E-state index contributed by atoms with van der Waals surface area (Å²) in [5.41, 5.74) is 3.68. The molecule has 0 heterocycles. The minimum atomic E-state index is 0.149. The molecule has 2 aromatic carbocycles. The van der Waals surface area contributed by atoms with Gasteiger partial charge in [0.05, 0.1) is 0 Å². The summed E-state index contributed by atoms with van der Waals surface area (Å²) in [6.45, 7) is 2.13. The predicted molar refractivity (Wildman–Crippen MR) is 107 cm³/mol. The van der Waals surface area contributed by atoms with Gasteiger partial charge in [0.1, 0.15) is 0 Å². The standard InChI is InChI=1S/C22H27NOS/c1-16-3-7-18(8-4-16)19-9-5-17(6-10-19)15-22(24)23-20-11-13-21(25-2)14-12-20/h3-4,7-8,11-14,17,19H,5-6,9-10,15H2,1-2H3,(H,23,24). The van der Waals surface area contributed by atoms with Crippen molar-refractivity contribution < 1.29 is 4.79 Å². The van der Waals surface area contributed by atoms with Crippen LogP contribution >= 0.6 is 11.8 Å². The van der Waals surface area contributed by atoms with E-state index in [2.05, 4.69) is 42.8 Å². The third kappa shape index (κ3) is 5.12. The topological polar surface area (TPSA) is 29.1 Å². The molecule has 0 aromatic heterocycles. The van der Waals surface area contributed by atoms with E-state index in [1.165, 1.54) is 28.9 Å². The van der Waals surface area contributed by atoms with Gasteiger partial charge in [-0.1, -0.05) is 29.8 Å². The lowest BCUT2D eigenvalue weighted by Gasteiger charge is -2.28. The van der Waals surface area contributed by atoms with Crippen LogP contribution in [-0.4, -0.2) is 12.2 Å². The van der Waals surface area contributed by atoms with Gasteiger partial charge in [-0.2, -0.15) is 0 Å². The molecule has 1 saturated carbocycles. The van der Waals surface area contributed by atoms with Gasteiger partial charge in [0.2, 0.25) is 5.91 Å². The number of carbonyl (C=O) groups excluding carboxylic acids is 1. The summed E-state index contributed by atoms with van der Waals surface area (Å²) < 4.78 is 0. The zero-order valence-corrected chi connectivity index (χ0v) is 15.9. The molecule has 1 fully saturated rings. The minimum Gasteiger partial charge on any atom is -0.326 e. The number of hydrogen-bond donors (Lipinski definition) is 1. The Labute approximate surface area is 155 Å². The van der Waals surface area contributed by atoms with E-state index in [1.54, 1.807) is 11.8 Å². The largest absolute Gasteiger partial charge is 0.326 e. The number of hydrogen-bond acceptors (Lipinski definition) is 2. The Bertz CT molecular complexity index is 685. The molecule has 0 unspecified atom stereocenters. The van der Waals surface area contributed by atoms with Crippen LogP contribution < -0.4 is 5.32 Å².